The number of ether oxygens (including phenoxy) is 2. The normalized spacial score (nSPS) is 20.0. The average Bonchev–Trinajstić information content (AvgIpc) is 2.15. The van der Waals surface area contributed by atoms with Gasteiger partial charge in [-0.1, -0.05) is 0 Å². The van der Waals surface area contributed by atoms with Crippen LogP contribution < -0.4 is 5.32 Å². The van der Waals surface area contributed by atoms with Gasteiger partial charge in [0.15, 0.2) is 0 Å². The van der Waals surface area contributed by atoms with Gasteiger partial charge in [-0.3, -0.25) is 4.79 Å². The molecule has 100 valence electrons. The zero-order valence-electron chi connectivity index (χ0n) is 11.5. The van der Waals surface area contributed by atoms with E-state index in [0.29, 0.717) is 13.0 Å². The van der Waals surface area contributed by atoms with Gasteiger partial charge in [0.1, 0.15) is 5.60 Å². The highest BCUT2D eigenvalue weighted by Crippen LogP contribution is 2.19. The summed E-state index contributed by atoms with van der Waals surface area (Å²) < 4.78 is 10.6. The number of carbonyl (C=O) groups is 1. The lowest BCUT2D eigenvalue weighted by Gasteiger charge is -2.34. The molecule has 0 bridgehead atoms. The second-order valence-corrected chi connectivity index (χ2v) is 5.94. The molecule has 0 saturated carbocycles. The second-order valence-electron chi connectivity index (χ2n) is 5.94. The zero-order chi connectivity index (χ0) is 12.9. The number of nitrogens with one attached hydrogen (secondary N) is 1. The third-order valence-electron chi connectivity index (χ3n) is 2.90. The highest BCUT2D eigenvalue weighted by Gasteiger charge is 2.26. The molecule has 0 aromatic heterocycles. The smallest absolute Gasteiger partial charge is 0.307 e. The molecule has 0 aromatic rings. The van der Waals surface area contributed by atoms with Crippen molar-refractivity contribution in [3.63, 3.8) is 0 Å². The van der Waals surface area contributed by atoms with Crippen LogP contribution in [0.1, 0.15) is 47.0 Å². The molecule has 4 heteroatoms. The van der Waals surface area contributed by atoms with Crippen molar-refractivity contribution in [3.8, 4) is 0 Å². The quantitative estimate of drug-likeness (QED) is 0.766. The maximum atomic E-state index is 11.5. The largest absolute Gasteiger partial charge is 0.460 e. The molecule has 1 N–H and O–H groups in total. The lowest BCUT2D eigenvalue weighted by molar-refractivity contribution is -0.154. The predicted molar refractivity (Wildman–Crippen MR) is 66.9 cm³/mol. The van der Waals surface area contributed by atoms with Crippen molar-refractivity contribution in [1.82, 2.24) is 5.32 Å². The topological polar surface area (TPSA) is 47.6 Å². The Hall–Kier alpha value is -0.610. The summed E-state index contributed by atoms with van der Waals surface area (Å²) >= 11 is 0. The molecule has 0 unspecified atom stereocenters. The zero-order valence-corrected chi connectivity index (χ0v) is 11.5. The first-order valence-electron chi connectivity index (χ1n) is 6.35. The van der Waals surface area contributed by atoms with E-state index in [1.165, 1.54) is 0 Å². The van der Waals surface area contributed by atoms with Crippen LogP contribution in [0.15, 0.2) is 0 Å². The summed E-state index contributed by atoms with van der Waals surface area (Å²) in [5.41, 5.74) is -0.278. The van der Waals surface area contributed by atoms with Crippen LogP contribution >= 0.6 is 0 Å². The van der Waals surface area contributed by atoms with Crippen LogP contribution in [-0.2, 0) is 14.3 Å². The maximum absolute atomic E-state index is 11.5. The van der Waals surface area contributed by atoms with Crippen molar-refractivity contribution in [2.45, 2.75) is 58.1 Å². The van der Waals surface area contributed by atoms with E-state index in [1.54, 1.807) is 0 Å². The lowest BCUT2D eigenvalue weighted by atomic mass is 9.92. The van der Waals surface area contributed by atoms with Gasteiger partial charge in [0.2, 0.25) is 0 Å². The van der Waals surface area contributed by atoms with Crippen molar-refractivity contribution in [3.05, 3.63) is 0 Å². The number of carbonyl (C=O) groups excluding carboxylic acids is 1. The molecule has 0 aliphatic carbocycles. The molecule has 1 aliphatic rings. The van der Waals surface area contributed by atoms with Crippen LogP contribution in [-0.4, -0.2) is 36.9 Å². The Morgan fingerprint density at radius 2 is 1.94 bits per heavy atom. The molecule has 17 heavy (non-hydrogen) atoms. The number of hydrogen-bond donors (Lipinski definition) is 1. The fourth-order valence-electron chi connectivity index (χ4n) is 1.86. The molecule has 0 radical (unpaired) electrons. The number of rotatable bonds is 4. The van der Waals surface area contributed by atoms with E-state index in [4.69, 9.17) is 9.47 Å². The van der Waals surface area contributed by atoms with Crippen molar-refractivity contribution in [1.29, 1.82) is 0 Å². The summed E-state index contributed by atoms with van der Waals surface area (Å²) in [6.45, 7) is 10.1. The monoisotopic (exact) mass is 243 g/mol. The lowest BCUT2D eigenvalue weighted by Crippen LogP contribution is -2.47. The number of esters is 1. The summed E-state index contributed by atoms with van der Waals surface area (Å²) in [7, 11) is 0. The summed E-state index contributed by atoms with van der Waals surface area (Å²) in [4.78, 5) is 11.5. The molecule has 1 fully saturated rings. The molecule has 1 rings (SSSR count). The fourth-order valence-corrected chi connectivity index (χ4v) is 1.86. The predicted octanol–water partition coefficient (Wildman–Crippen LogP) is 1.88. The van der Waals surface area contributed by atoms with Gasteiger partial charge in [0, 0.05) is 25.3 Å². The van der Waals surface area contributed by atoms with Gasteiger partial charge in [-0.15, -0.1) is 0 Å². The molecule has 0 atom stereocenters. The van der Waals surface area contributed by atoms with Gasteiger partial charge >= 0.3 is 5.97 Å². The van der Waals surface area contributed by atoms with E-state index in [-0.39, 0.29) is 17.1 Å². The Morgan fingerprint density at radius 1 is 1.35 bits per heavy atom. The Balaban J connectivity index is 2.20. The standard InChI is InChI=1S/C13H25NO3/c1-12(2,3)17-11(15)5-8-14-13(4)6-9-16-10-7-13/h14H,5-10H2,1-4H3. The van der Waals surface area contributed by atoms with Crippen molar-refractivity contribution < 1.29 is 14.3 Å². The molecule has 0 spiro atoms. The van der Waals surface area contributed by atoms with Crippen molar-refractivity contribution in [2.75, 3.05) is 19.8 Å². The van der Waals surface area contributed by atoms with Crippen molar-refractivity contribution in [2.24, 2.45) is 0 Å². The van der Waals surface area contributed by atoms with E-state index in [1.807, 2.05) is 20.8 Å². The minimum Gasteiger partial charge on any atom is -0.460 e. The molecule has 1 aliphatic heterocycles. The Bertz CT molecular complexity index is 252. The van der Waals surface area contributed by atoms with Crippen LogP contribution in [0, 0.1) is 0 Å². The van der Waals surface area contributed by atoms with E-state index >= 15 is 0 Å². The minimum absolute atomic E-state index is 0.111. The minimum atomic E-state index is -0.389. The first-order valence-corrected chi connectivity index (χ1v) is 6.35. The SMILES string of the molecule is CC1(NCCC(=O)OC(C)(C)C)CCOCC1. The van der Waals surface area contributed by atoms with Crippen molar-refractivity contribution >= 4 is 5.97 Å². The van der Waals surface area contributed by atoms with Gasteiger partial charge in [-0.25, -0.2) is 0 Å². The molecule has 1 heterocycles. The van der Waals surface area contributed by atoms with Crippen LogP contribution in [0.3, 0.4) is 0 Å². The molecule has 0 aromatic carbocycles. The van der Waals surface area contributed by atoms with Gasteiger partial charge in [0.05, 0.1) is 6.42 Å². The van der Waals surface area contributed by atoms with E-state index in [9.17, 15) is 4.79 Å². The average molecular weight is 243 g/mol. The molecule has 1 saturated heterocycles. The summed E-state index contributed by atoms with van der Waals surface area (Å²) in [6.07, 6.45) is 2.43. The first kappa shape index (κ1) is 14.5. The third-order valence-corrected chi connectivity index (χ3v) is 2.90. The molecular formula is C13H25NO3. The van der Waals surface area contributed by atoms with Gasteiger partial charge in [-0.2, -0.15) is 0 Å². The third kappa shape index (κ3) is 6.03. The Kier molecular flexibility index (Phi) is 4.95. The number of hydrogen-bond acceptors (Lipinski definition) is 4. The summed E-state index contributed by atoms with van der Waals surface area (Å²) in [5.74, 6) is -0.138. The fraction of sp³-hybridized carbons (Fsp3) is 0.923. The van der Waals surface area contributed by atoms with Gasteiger partial charge in [-0.05, 0) is 40.5 Å². The van der Waals surface area contributed by atoms with Crippen LogP contribution in [0.4, 0.5) is 0 Å². The molecule has 0 amide bonds. The van der Waals surface area contributed by atoms with Crippen LogP contribution in [0.2, 0.25) is 0 Å². The highest BCUT2D eigenvalue weighted by atomic mass is 16.6. The first-order chi connectivity index (χ1) is 7.81. The summed E-state index contributed by atoms with van der Waals surface area (Å²) in [5, 5.41) is 3.43. The van der Waals surface area contributed by atoms with Crippen LogP contribution in [0.25, 0.3) is 0 Å². The van der Waals surface area contributed by atoms with E-state index < -0.39 is 0 Å². The van der Waals surface area contributed by atoms with Crippen LogP contribution in [0.5, 0.6) is 0 Å². The van der Waals surface area contributed by atoms with Gasteiger partial charge < -0.3 is 14.8 Å². The molecule has 4 nitrogen and oxygen atoms in total. The second kappa shape index (κ2) is 5.83. The maximum Gasteiger partial charge on any atom is 0.307 e. The van der Waals surface area contributed by atoms with Gasteiger partial charge in [0.25, 0.3) is 0 Å². The van der Waals surface area contributed by atoms with E-state index in [0.717, 1.165) is 26.1 Å². The Labute approximate surface area is 104 Å². The Morgan fingerprint density at radius 3 is 2.47 bits per heavy atom. The summed E-state index contributed by atoms with van der Waals surface area (Å²) in [6, 6.07) is 0. The van der Waals surface area contributed by atoms with E-state index in [2.05, 4.69) is 12.2 Å². The molecular weight excluding hydrogens is 218 g/mol. The highest BCUT2D eigenvalue weighted by molar-refractivity contribution is 5.70.